The second-order valence-electron chi connectivity index (χ2n) is 7.25. The molecular formula is C16H28N2O2. The Labute approximate surface area is 122 Å². The van der Waals surface area contributed by atoms with Gasteiger partial charge in [0.25, 0.3) is 0 Å². The van der Waals surface area contributed by atoms with Crippen molar-refractivity contribution in [1.29, 1.82) is 0 Å². The molecule has 0 aromatic rings. The minimum atomic E-state index is -0.344. The molecule has 20 heavy (non-hydrogen) atoms. The lowest BCUT2D eigenvalue weighted by molar-refractivity contribution is -0.157. The van der Waals surface area contributed by atoms with Crippen LogP contribution in [0.3, 0.4) is 0 Å². The highest BCUT2D eigenvalue weighted by Crippen LogP contribution is 2.44. The Kier molecular flexibility index (Phi) is 4.12. The summed E-state index contributed by atoms with van der Waals surface area (Å²) < 4.78 is 0. The van der Waals surface area contributed by atoms with Crippen LogP contribution in [-0.2, 0) is 9.59 Å². The molecule has 1 N–H and O–H groups in total. The molecule has 0 radical (unpaired) electrons. The van der Waals surface area contributed by atoms with Crippen LogP contribution in [0.25, 0.3) is 0 Å². The van der Waals surface area contributed by atoms with E-state index >= 15 is 0 Å². The van der Waals surface area contributed by atoms with Crippen molar-refractivity contribution in [3.63, 3.8) is 0 Å². The molecule has 2 atom stereocenters. The molecule has 1 heterocycles. The lowest BCUT2D eigenvalue weighted by atomic mass is 9.88. The molecule has 0 aromatic heterocycles. The minimum absolute atomic E-state index is 0.0199. The zero-order chi connectivity index (χ0) is 15.1. The number of hydrogen-bond acceptors (Lipinski definition) is 2. The molecule has 1 saturated heterocycles. The van der Waals surface area contributed by atoms with Gasteiger partial charge in [-0.1, -0.05) is 20.8 Å². The van der Waals surface area contributed by atoms with Gasteiger partial charge in [-0.05, 0) is 51.4 Å². The summed E-state index contributed by atoms with van der Waals surface area (Å²) in [5.41, 5.74) is -0.204. The van der Waals surface area contributed by atoms with Gasteiger partial charge in [0, 0.05) is 5.54 Å². The van der Waals surface area contributed by atoms with Gasteiger partial charge >= 0.3 is 0 Å². The van der Waals surface area contributed by atoms with E-state index in [1.54, 1.807) is 0 Å². The van der Waals surface area contributed by atoms with Crippen LogP contribution in [0, 0.1) is 11.8 Å². The highest BCUT2D eigenvalue weighted by Gasteiger charge is 2.51. The molecule has 2 amide bonds. The Morgan fingerprint density at radius 2 is 1.90 bits per heavy atom. The van der Waals surface area contributed by atoms with E-state index in [-0.39, 0.29) is 29.4 Å². The smallest absolute Gasteiger partial charge is 0.246 e. The second-order valence-corrected chi connectivity index (χ2v) is 7.25. The molecule has 1 aliphatic heterocycles. The van der Waals surface area contributed by atoms with Crippen LogP contribution in [0.2, 0.25) is 0 Å². The summed E-state index contributed by atoms with van der Waals surface area (Å²) in [6.45, 7) is 10.4. The Morgan fingerprint density at radius 3 is 2.35 bits per heavy atom. The first-order valence-electron chi connectivity index (χ1n) is 7.92. The lowest BCUT2D eigenvalue weighted by Crippen LogP contribution is -2.68. The molecule has 0 spiro atoms. The number of carbonyl (C=O) groups is 2. The number of rotatable bonds is 5. The molecule has 2 rings (SSSR count). The van der Waals surface area contributed by atoms with Gasteiger partial charge in [0.1, 0.15) is 12.1 Å². The Bertz CT molecular complexity index is 399. The second kappa shape index (κ2) is 5.38. The maximum absolute atomic E-state index is 12.9. The van der Waals surface area contributed by atoms with E-state index in [9.17, 15) is 9.59 Å². The summed E-state index contributed by atoms with van der Waals surface area (Å²) >= 11 is 0. The van der Waals surface area contributed by atoms with Gasteiger partial charge in [-0.2, -0.15) is 0 Å². The topological polar surface area (TPSA) is 49.4 Å². The van der Waals surface area contributed by atoms with Crippen molar-refractivity contribution < 1.29 is 9.59 Å². The monoisotopic (exact) mass is 280 g/mol. The number of carbonyl (C=O) groups excluding carboxylic acids is 2. The van der Waals surface area contributed by atoms with Crippen molar-refractivity contribution >= 4 is 11.8 Å². The van der Waals surface area contributed by atoms with Crippen molar-refractivity contribution in [2.45, 2.75) is 77.9 Å². The molecule has 1 aliphatic carbocycles. The summed E-state index contributed by atoms with van der Waals surface area (Å²) in [4.78, 5) is 27.1. The normalized spacial score (nSPS) is 28.0. The van der Waals surface area contributed by atoms with Crippen LogP contribution in [0.4, 0.5) is 0 Å². The van der Waals surface area contributed by atoms with Crippen LogP contribution in [0.5, 0.6) is 0 Å². The molecule has 1 saturated carbocycles. The van der Waals surface area contributed by atoms with Crippen LogP contribution in [-0.4, -0.2) is 34.3 Å². The molecule has 0 aromatic carbocycles. The van der Waals surface area contributed by atoms with E-state index < -0.39 is 0 Å². The van der Waals surface area contributed by atoms with Gasteiger partial charge in [0.15, 0.2) is 0 Å². The number of nitrogens with zero attached hydrogens (tertiary/aromatic N) is 1. The maximum Gasteiger partial charge on any atom is 0.246 e. The molecule has 2 unspecified atom stereocenters. The SMILES string of the molecule is CCC1C(=O)NC(CC(C)C)C(=O)N1C(C)(C)C1CC1. The van der Waals surface area contributed by atoms with Gasteiger partial charge in [-0.15, -0.1) is 0 Å². The highest BCUT2D eigenvalue weighted by atomic mass is 16.2. The van der Waals surface area contributed by atoms with E-state index in [1.807, 2.05) is 11.8 Å². The summed E-state index contributed by atoms with van der Waals surface area (Å²) in [7, 11) is 0. The summed E-state index contributed by atoms with van der Waals surface area (Å²) in [6, 6.07) is -0.648. The van der Waals surface area contributed by atoms with E-state index in [2.05, 4.69) is 33.0 Å². The van der Waals surface area contributed by atoms with Gasteiger partial charge in [-0.3, -0.25) is 9.59 Å². The third-order valence-electron chi connectivity index (χ3n) is 4.76. The van der Waals surface area contributed by atoms with Gasteiger partial charge < -0.3 is 10.2 Å². The van der Waals surface area contributed by atoms with Crippen LogP contribution in [0.15, 0.2) is 0 Å². The van der Waals surface area contributed by atoms with Crippen molar-refractivity contribution in [3.8, 4) is 0 Å². The van der Waals surface area contributed by atoms with Gasteiger partial charge in [-0.25, -0.2) is 0 Å². The number of amides is 2. The Morgan fingerprint density at radius 1 is 1.30 bits per heavy atom. The van der Waals surface area contributed by atoms with E-state index in [4.69, 9.17) is 0 Å². The van der Waals surface area contributed by atoms with Crippen molar-refractivity contribution in [2.24, 2.45) is 11.8 Å². The predicted octanol–water partition coefficient (Wildman–Crippen LogP) is 2.33. The largest absolute Gasteiger partial charge is 0.342 e. The van der Waals surface area contributed by atoms with Crippen molar-refractivity contribution in [3.05, 3.63) is 0 Å². The first kappa shape index (κ1) is 15.3. The average molecular weight is 280 g/mol. The molecule has 2 aliphatic rings. The third-order valence-corrected chi connectivity index (χ3v) is 4.76. The summed E-state index contributed by atoms with van der Waals surface area (Å²) in [5.74, 6) is 1.08. The van der Waals surface area contributed by atoms with Crippen LogP contribution in [0.1, 0.15) is 60.3 Å². The number of piperazine rings is 1. The molecule has 114 valence electrons. The van der Waals surface area contributed by atoms with Crippen LogP contribution < -0.4 is 5.32 Å². The number of nitrogens with one attached hydrogen (secondary N) is 1. The summed E-state index contributed by atoms with van der Waals surface area (Å²) in [6.07, 6.45) is 3.74. The fourth-order valence-corrected chi connectivity index (χ4v) is 3.44. The van der Waals surface area contributed by atoms with E-state index in [1.165, 1.54) is 12.8 Å². The molecule has 4 nitrogen and oxygen atoms in total. The summed E-state index contributed by atoms with van der Waals surface area (Å²) in [5, 5.41) is 2.93. The molecule has 2 fully saturated rings. The highest BCUT2D eigenvalue weighted by molar-refractivity contribution is 5.97. The lowest BCUT2D eigenvalue weighted by Gasteiger charge is -2.48. The Balaban J connectivity index is 2.27. The van der Waals surface area contributed by atoms with Crippen molar-refractivity contribution in [2.75, 3.05) is 0 Å². The molecular weight excluding hydrogens is 252 g/mol. The van der Waals surface area contributed by atoms with Crippen molar-refractivity contribution in [1.82, 2.24) is 10.2 Å². The van der Waals surface area contributed by atoms with E-state index in [0.717, 1.165) is 6.42 Å². The van der Waals surface area contributed by atoms with Gasteiger partial charge in [0.05, 0.1) is 0 Å². The minimum Gasteiger partial charge on any atom is -0.342 e. The third kappa shape index (κ3) is 2.70. The first-order valence-corrected chi connectivity index (χ1v) is 7.92. The fourth-order valence-electron chi connectivity index (χ4n) is 3.44. The number of hydrogen-bond donors (Lipinski definition) is 1. The molecule has 0 bridgehead atoms. The van der Waals surface area contributed by atoms with Gasteiger partial charge in [0.2, 0.25) is 11.8 Å². The zero-order valence-corrected chi connectivity index (χ0v) is 13.4. The van der Waals surface area contributed by atoms with E-state index in [0.29, 0.717) is 18.3 Å². The predicted molar refractivity (Wildman–Crippen MR) is 79.1 cm³/mol. The standard InChI is InChI=1S/C16H28N2O2/c1-6-13-14(19)17-12(9-10(2)3)15(20)18(13)16(4,5)11-7-8-11/h10-13H,6-9H2,1-5H3,(H,17,19). The average Bonchev–Trinajstić information content (AvgIpc) is 3.16. The fraction of sp³-hybridized carbons (Fsp3) is 0.875. The Hall–Kier alpha value is -1.06. The maximum atomic E-state index is 12.9. The quantitative estimate of drug-likeness (QED) is 0.840. The first-order chi connectivity index (χ1) is 9.28. The molecule has 4 heteroatoms. The zero-order valence-electron chi connectivity index (χ0n) is 13.4. The van der Waals surface area contributed by atoms with Crippen LogP contribution >= 0.6 is 0 Å².